The van der Waals surface area contributed by atoms with Crippen LogP contribution in [0.1, 0.15) is 24.1 Å². The SMILES string of the molecule is COC(=O)N1CCOC(Cc2c(-c3c(F)cc(NC(=O)CCC=O)cc3F)nc3cc(C)ccn23)C1. The summed E-state index contributed by atoms with van der Waals surface area (Å²) in [4.78, 5) is 40.4. The second kappa shape index (κ2) is 10.8. The van der Waals surface area contributed by atoms with Gasteiger partial charge >= 0.3 is 6.09 Å². The highest BCUT2D eigenvalue weighted by Gasteiger charge is 2.29. The molecular formula is C25H26F2N4O5. The lowest BCUT2D eigenvalue weighted by Crippen LogP contribution is -2.46. The molecule has 0 radical (unpaired) electrons. The minimum Gasteiger partial charge on any atom is -0.453 e. The zero-order valence-electron chi connectivity index (χ0n) is 19.9. The second-order valence-corrected chi connectivity index (χ2v) is 8.52. The van der Waals surface area contributed by atoms with Gasteiger partial charge in [-0.05, 0) is 36.8 Å². The summed E-state index contributed by atoms with van der Waals surface area (Å²) in [6, 6.07) is 5.70. The summed E-state index contributed by atoms with van der Waals surface area (Å²) in [7, 11) is 1.30. The molecule has 0 aliphatic carbocycles. The lowest BCUT2D eigenvalue weighted by molar-refractivity contribution is -0.118. The Hall–Kier alpha value is -3.86. The molecular weight excluding hydrogens is 474 g/mol. The molecule has 1 aliphatic rings. The van der Waals surface area contributed by atoms with Crippen LogP contribution in [0.15, 0.2) is 30.5 Å². The van der Waals surface area contributed by atoms with Gasteiger partial charge in [-0.25, -0.2) is 18.6 Å². The molecule has 1 aliphatic heterocycles. The summed E-state index contributed by atoms with van der Waals surface area (Å²) in [5, 5.41) is 2.40. The van der Waals surface area contributed by atoms with E-state index in [0.29, 0.717) is 30.8 Å². The number of benzene rings is 1. The van der Waals surface area contributed by atoms with Gasteiger partial charge in [0.25, 0.3) is 0 Å². The van der Waals surface area contributed by atoms with Crippen molar-refractivity contribution in [2.75, 3.05) is 32.1 Å². The van der Waals surface area contributed by atoms with Crippen molar-refractivity contribution < 1.29 is 32.6 Å². The second-order valence-electron chi connectivity index (χ2n) is 8.52. The van der Waals surface area contributed by atoms with E-state index < -0.39 is 29.7 Å². The van der Waals surface area contributed by atoms with Gasteiger partial charge < -0.3 is 28.9 Å². The van der Waals surface area contributed by atoms with Crippen LogP contribution in [0, 0.1) is 18.6 Å². The topological polar surface area (TPSA) is 102 Å². The first kappa shape index (κ1) is 25.2. The van der Waals surface area contributed by atoms with Crippen LogP contribution in [0.25, 0.3) is 16.9 Å². The summed E-state index contributed by atoms with van der Waals surface area (Å²) in [6.45, 7) is 2.82. The van der Waals surface area contributed by atoms with E-state index in [1.165, 1.54) is 12.0 Å². The van der Waals surface area contributed by atoms with Gasteiger partial charge in [0.2, 0.25) is 5.91 Å². The number of morpholine rings is 1. The smallest absolute Gasteiger partial charge is 0.409 e. The van der Waals surface area contributed by atoms with Gasteiger partial charge in [0, 0.05) is 37.7 Å². The maximum Gasteiger partial charge on any atom is 0.409 e. The number of pyridine rings is 1. The number of aldehydes is 1. The number of amides is 2. The van der Waals surface area contributed by atoms with Crippen LogP contribution < -0.4 is 5.32 Å². The Bertz CT molecular complexity index is 1290. The van der Waals surface area contributed by atoms with Crippen LogP contribution in [-0.2, 0) is 25.5 Å². The van der Waals surface area contributed by atoms with Gasteiger partial charge in [-0.2, -0.15) is 0 Å². The zero-order chi connectivity index (χ0) is 25.8. The number of nitrogens with one attached hydrogen (secondary N) is 1. The summed E-state index contributed by atoms with van der Waals surface area (Å²) in [5.74, 6) is -2.33. The van der Waals surface area contributed by atoms with Crippen molar-refractivity contribution in [2.45, 2.75) is 32.3 Å². The fourth-order valence-corrected chi connectivity index (χ4v) is 4.23. The van der Waals surface area contributed by atoms with Crippen LogP contribution in [-0.4, -0.2) is 65.5 Å². The number of rotatable bonds is 7. The molecule has 190 valence electrons. The van der Waals surface area contributed by atoms with Crippen molar-refractivity contribution >= 4 is 29.6 Å². The number of methoxy groups -OCH3 is 1. The highest BCUT2D eigenvalue weighted by Crippen LogP contribution is 2.33. The maximum absolute atomic E-state index is 15.3. The molecule has 11 heteroatoms. The molecule has 1 unspecified atom stereocenters. The molecule has 0 bridgehead atoms. The number of halogens is 2. The molecule has 9 nitrogen and oxygen atoms in total. The van der Waals surface area contributed by atoms with E-state index in [-0.39, 0.29) is 42.8 Å². The number of aromatic nitrogens is 2. The monoisotopic (exact) mass is 500 g/mol. The number of hydrogen-bond acceptors (Lipinski definition) is 6. The number of hydrogen-bond donors (Lipinski definition) is 1. The number of anilines is 1. The Balaban J connectivity index is 1.71. The lowest BCUT2D eigenvalue weighted by Gasteiger charge is -2.32. The lowest BCUT2D eigenvalue weighted by atomic mass is 10.0. The Morgan fingerprint density at radius 3 is 2.72 bits per heavy atom. The first-order valence-corrected chi connectivity index (χ1v) is 11.5. The summed E-state index contributed by atoms with van der Waals surface area (Å²) in [5.41, 5.74) is 1.65. The van der Waals surface area contributed by atoms with E-state index in [0.717, 1.165) is 17.7 Å². The molecule has 0 spiro atoms. The van der Waals surface area contributed by atoms with Crippen molar-refractivity contribution in [1.82, 2.24) is 14.3 Å². The number of nitrogens with zero attached hydrogens (tertiary/aromatic N) is 3. The third kappa shape index (κ3) is 5.35. The third-order valence-corrected chi connectivity index (χ3v) is 5.93. The molecule has 2 aromatic heterocycles. The predicted octanol–water partition coefficient (Wildman–Crippen LogP) is 3.52. The van der Waals surface area contributed by atoms with Gasteiger partial charge in [-0.3, -0.25) is 4.79 Å². The minimum absolute atomic E-state index is 0.00947. The molecule has 1 N–H and O–H groups in total. The number of carbonyl (C=O) groups is 3. The van der Waals surface area contributed by atoms with Gasteiger partial charge in [-0.15, -0.1) is 0 Å². The van der Waals surface area contributed by atoms with E-state index in [9.17, 15) is 14.4 Å². The van der Waals surface area contributed by atoms with Crippen LogP contribution in [0.4, 0.5) is 19.3 Å². The van der Waals surface area contributed by atoms with E-state index >= 15 is 8.78 Å². The highest BCUT2D eigenvalue weighted by atomic mass is 19.1. The van der Waals surface area contributed by atoms with Crippen LogP contribution >= 0.6 is 0 Å². The van der Waals surface area contributed by atoms with E-state index in [1.807, 2.05) is 13.0 Å². The standard InChI is InChI=1S/C25H26F2N4O5/c1-15-5-6-31-20(13-17-14-30(7-9-36-17)25(34)35-2)24(29-21(31)10-15)23-18(26)11-16(12-19(23)27)28-22(33)4-3-8-32/h5-6,8,10-12,17H,3-4,7,9,13-14H2,1-2H3,(H,28,33). The molecule has 3 aromatic rings. The first-order chi connectivity index (χ1) is 17.3. The molecule has 0 saturated carbocycles. The normalized spacial score (nSPS) is 15.7. The molecule has 1 atom stereocenters. The van der Waals surface area contributed by atoms with Crippen molar-refractivity contribution in [3.63, 3.8) is 0 Å². The minimum atomic E-state index is -0.900. The summed E-state index contributed by atoms with van der Waals surface area (Å²) in [6.07, 6.45) is 1.60. The first-order valence-electron chi connectivity index (χ1n) is 11.5. The number of imidazole rings is 1. The van der Waals surface area contributed by atoms with E-state index in [1.54, 1.807) is 16.7 Å². The Kier molecular flexibility index (Phi) is 7.58. The van der Waals surface area contributed by atoms with Crippen LogP contribution in [0.2, 0.25) is 0 Å². The van der Waals surface area contributed by atoms with Crippen molar-refractivity contribution in [3.8, 4) is 11.3 Å². The summed E-state index contributed by atoms with van der Waals surface area (Å²) < 4.78 is 43.0. The van der Waals surface area contributed by atoms with E-state index in [4.69, 9.17) is 9.47 Å². The Morgan fingerprint density at radius 1 is 1.28 bits per heavy atom. The number of carbonyl (C=O) groups excluding carboxylic acids is 3. The highest BCUT2D eigenvalue weighted by molar-refractivity contribution is 5.92. The predicted molar refractivity (Wildman–Crippen MR) is 127 cm³/mol. The average molecular weight is 501 g/mol. The van der Waals surface area contributed by atoms with Crippen molar-refractivity contribution in [1.29, 1.82) is 0 Å². The Morgan fingerprint density at radius 2 is 2.03 bits per heavy atom. The Labute approximate surface area is 206 Å². The average Bonchev–Trinajstić information content (AvgIpc) is 3.18. The van der Waals surface area contributed by atoms with Crippen molar-refractivity contribution in [3.05, 3.63) is 53.4 Å². The largest absolute Gasteiger partial charge is 0.453 e. The molecule has 36 heavy (non-hydrogen) atoms. The summed E-state index contributed by atoms with van der Waals surface area (Å²) >= 11 is 0. The van der Waals surface area contributed by atoms with Gasteiger partial charge in [0.1, 0.15) is 23.6 Å². The molecule has 3 heterocycles. The van der Waals surface area contributed by atoms with E-state index in [2.05, 4.69) is 10.3 Å². The van der Waals surface area contributed by atoms with Gasteiger partial charge in [-0.1, -0.05) is 0 Å². The van der Waals surface area contributed by atoms with Crippen LogP contribution in [0.3, 0.4) is 0 Å². The molecule has 1 fully saturated rings. The third-order valence-electron chi connectivity index (χ3n) is 5.93. The maximum atomic E-state index is 15.3. The molecule has 4 rings (SSSR count). The number of ether oxygens (including phenoxy) is 2. The molecule has 1 saturated heterocycles. The fraction of sp³-hybridized carbons (Fsp3) is 0.360. The van der Waals surface area contributed by atoms with Crippen molar-refractivity contribution in [2.24, 2.45) is 0 Å². The van der Waals surface area contributed by atoms with Gasteiger partial charge in [0.05, 0.1) is 43.3 Å². The van der Waals surface area contributed by atoms with Crippen LogP contribution in [0.5, 0.6) is 0 Å². The number of aryl methyl sites for hydroxylation is 1. The fourth-order valence-electron chi connectivity index (χ4n) is 4.23. The molecule has 2 amide bonds. The quantitative estimate of drug-likeness (QED) is 0.498. The molecule has 1 aromatic carbocycles. The zero-order valence-corrected chi connectivity index (χ0v) is 19.9. The number of fused-ring (bicyclic) bond motifs is 1. The van der Waals surface area contributed by atoms with Gasteiger partial charge in [0.15, 0.2) is 0 Å².